The zero-order valence-corrected chi connectivity index (χ0v) is 18.4. The summed E-state index contributed by atoms with van der Waals surface area (Å²) in [5.41, 5.74) is 13.6. The summed E-state index contributed by atoms with van der Waals surface area (Å²) in [4.78, 5) is 23.9. The number of hydrogen-bond donors (Lipinski definition) is 2. The summed E-state index contributed by atoms with van der Waals surface area (Å²) < 4.78 is 10.5. The predicted molar refractivity (Wildman–Crippen MR) is 123 cm³/mol. The van der Waals surface area contributed by atoms with E-state index in [1.807, 2.05) is 60.7 Å². The van der Waals surface area contributed by atoms with Gasteiger partial charge in [-0.1, -0.05) is 82.3 Å². The lowest BCUT2D eigenvalue weighted by atomic mass is 10.2. The van der Waals surface area contributed by atoms with Crippen LogP contribution in [0.2, 0.25) is 0 Å². The molecular weight excluding hydrogens is 420 g/mol. The van der Waals surface area contributed by atoms with Crippen LogP contribution in [0.5, 0.6) is 0 Å². The zero-order valence-electron chi connectivity index (χ0n) is 16.8. The average molecular weight is 449 g/mol. The molecule has 0 aliphatic carbocycles. The number of esters is 2. The molecule has 0 fully saturated rings. The van der Waals surface area contributed by atoms with Crippen LogP contribution in [0, 0.1) is 0 Å². The van der Waals surface area contributed by atoms with E-state index in [4.69, 9.17) is 20.9 Å². The molecule has 0 aromatic heterocycles. The van der Waals surface area contributed by atoms with E-state index in [0.717, 1.165) is 11.1 Å². The highest BCUT2D eigenvalue weighted by Crippen LogP contribution is 2.23. The summed E-state index contributed by atoms with van der Waals surface area (Å²) in [6.45, 7) is 0.459. The largest absolute Gasteiger partial charge is 0.460 e. The minimum Gasteiger partial charge on any atom is -0.460 e. The van der Waals surface area contributed by atoms with E-state index < -0.39 is 24.0 Å². The van der Waals surface area contributed by atoms with Crippen molar-refractivity contribution in [2.45, 2.75) is 38.1 Å². The van der Waals surface area contributed by atoms with E-state index in [2.05, 4.69) is 0 Å². The lowest BCUT2D eigenvalue weighted by Gasteiger charge is -2.12. The Morgan fingerprint density at radius 1 is 0.700 bits per heavy atom. The van der Waals surface area contributed by atoms with Crippen molar-refractivity contribution in [2.24, 2.45) is 11.5 Å². The van der Waals surface area contributed by atoms with E-state index >= 15 is 0 Å². The summed E-state index contributed by atoms with van der Waals surface area (Å²) in [6, 6.07) is 17.7. The van der Waals surface area contributed by atoms with Gasteiger partial charge in [0.15, 0.2) is 0 Å². The summed E-state index contributed by atoms with van der Waals surface area (Å²) in [7, 11) is 3.20. The van der Waals surface area contributed by atoms with Crippen molar-refractivity contribution in [3.05, 3.63) is 71.8 Å². The van der Waals surface area contributed by atoms with Crippen molar-refractivity contribution >= 4 is 33.5 Å². The Bertz CT molecular complexity index is 697. The van der Waals surface area contributed by atoms with Gasteiger partial charge in [-0.15, -0.1) is 0 Å². The Labute approximate surface area is 185 Å². The standard InChI is InChI=1S/C22H28N2O4S2/c23-19(21(25)27-15-17-7-3-1-4-8-17)11-13-29-30-14-12-20(24)22(26)28-16-18-9-5-2-6-10-18/h1-10,19-20H,11-16,23-24H2. The van der Waals surface area contributed by atoms with Crippen LogP contribution in [-0.2, 0) is 32.3 Å². The van der Waals surface area contributed by atoms with Crippen LogP contribution in [0.15, 0.2) is 60.7 Å². The van der Waals surface area contributed by atoms with Crippen molar-refractivity contribution < 1.29 is 19.1 Å². The Balaban J connectivity index is 1.50. The molecule has 0 radical (unpaired) electrons. The fraction of sp³-hybridized carbons (Fsp3) is 0.364. The maximum absolute atomic E-state index is 11.9. The molecular formula is C22H28N2O4S2. The van der Waals surface area contributed by atoms with Gasteiger partial charge in [-0.2, -0.15) is 0 Å². The number of hydrogen-bond acceptors (Lipinski definition) is 8. The molecule has 0 saturated carbocycles. The highest BCUT2D eigenvalue weighted by atomic mass is 33.1. The first-order valence-electron chi connectivity index (χ1n) is 9.73. The minimum atomic E-state index is -0.642. The van der Waals surface area contributed by atoms with Crippen molar-refractivity contribution in [3.63, 3.8) is 0 Å². The van der Waals surface area contributed by atoms with Crippen LogP contribution in [0.25, 0.3) is 0 Å². The van der Waals surface area contributed by atoms with Gasteiger partial charge < -0.3 is 20.9 Å². The molecule has 0 aliphatic heterocycles. The zero-order chi connectivity index (χ0) is 21.6. The Morgan fingerprint density at radius 2 is 1.07 bits per heavy atom. The fourth-order valence-electron chi connectivity index (χ4n) is 2.38. The van der Waals surface area contributed by atoms with Crippen molar-refractivity contribution in [2.75, 3.05) is 11.5 Å². The van der Waals surface area contributed by atoms with E-state index in [1.165, 1.54) is 0 Å². The van der Waals surface area contributed by atoms with Gasteiger partial charge in [-0.3, -0.25) is 9.59 Å². The smallest absolute Gasteiger partial charge is 0.323 e. The molecule has 6 nitrogen and oxygen atoms in total. The van der Waals surface area contributed by atoms with E-state index in [9.17, 15) is 9.59 Å². The van der Waals surface area contributed by atoms with Crippen LogP contribution in [0.3, 0.4) is 0 Å². The Hall–Kier alpha value is -2.00. The summed E-state index contributed by atoms with van der Waals surface area (Å²) in [6.07, 6.45) is 1.05. The van der Waals surface area contributed by atoms with E-state index in [1.54, 1.807) is 21.6 Å². The third kappa shape index (κ3) is 9.67. The topological polar surface area (TPSA) is 105 Å². The number of carbonyl (C=O) groups excluding carboxylic acids is 2. The molecule has 2 aromatic carbocycles. The number of nitrogens with two attached hydrogens (primary N) is 2. The monoisotopic (exact) mass is 448 g/mol. The molecule has 0 saturated heterocycles. The normalized spacial score (nSPS) is 12.7. The quantitative estimate of drug-likeness (QED) is 0.273. The first-order valence-corrected chi connectivity index (χ1v) is 12.2. The molecule has 8 heteroatoms. The Morgan fingerprint density at radius 3 is 1.43 bits per heavy atom. The van der Waals surface area contributed by atoms with E-state index in [-0.39, 0.29) is 13.2 Å². The molecule has 2 atom stereocenters. The van der Waals surface area contributed by atoms with Gasteiger partial charge in [0.1, 0.15) is 25.3 Å². The van der Waals surface area contributed by atoms with Crippen molar-refractivity contribution in [3.8, 4) is 0 Å². The number of benzene rings is 2. The average Bonchev–Trinajstić information content (AvgIpc) is 2.79. The first kappa shape index (κ1) is 24.3. The van der Waals surface area contributed by atoms with Crippen molar-refractivity contribution in [1.29, 1.82) is 0 Å². The minimum absolute atomic E-state index is 0.230. The van der Waals surface area contributed by atoms with Crippen LogP contribution in [-0.4, -0.2) is 35.5 Å². The van der Waals surface area contributed by atoms with Gasteiger partial charge >= 0.3 is 11.9 Å². The van der Waals surface area contributed by atoms with Gasteiger partial charge in [-0.05, 0) is 24.0 Å². The number of rotatable bonds is 13. The van der Waals surface area contributed by atoms with Gasteiger partial charge in [-0.25, -0.2) is 0 Å². The van der Waals surface area contributed by atoms with Crippen LogP contribution < -0.4 is 11.5 Å². The lowest BCUT2D eigenvalue weighted by Crippen LogP contribution is -2.33. The number of carbonyl (C=O) groups is 2. The second-order valence-corrected chi connectivity index (χ2v) is 9.32. The van der Waals surface area contributed by atoms with Gasteiger partial charge in [0.2, 0.25) is 0 Å². The summed E-state index contributed by atoms with van der Waals surface area (Å²) in [5.74, 6) is 0.625. The molecule has 0 spiro atoms. The fourth-order valence-corrected chi connectivity index (χ4v) is 4.60. The molecule has 2 unspecified atom stereocenters. The predicted octanol–water partition coefficient (Wildman–Crippen LogP) is 3.29. The molecule has 2 aromatic rings. The van der Waals surface area contributed by atoms with E-state index in [0.29, 0.717) is 24.3 Å². The van der Waals surface area contributed by atoms with Gasteiger partial charge in [0, 0.05) is 11.5 Å². The SMILES string of the molecule is NC(CCSSCCC(N)C(=O)OCc1ccccc1)C(=O)OCc1ccccc1. The molecule has 0 aliphatic rings. The second-order valence-electron chi connectivity index (χ2n) is 6.62. The molecule has 2 rings (SSSR count). The lowest BCUT2D eigenvalue weighted by molar-refractivity contribution is -0.147. The van der Waals surface area contributed by atoms with Gasteiger partial charge in [0.25, 0.3) is 0 Å². The van der Waals surface area contributed by atoms with Crippen LogP contribution >= 0.6 is 21.6 Å². The molecule has 162 valence electrons. The third-order valence-corrected chi connectivity index (χ3v) is 6.63. The van der Waals surface area contributed by atoms with Crippen LogP contribution in [0.4, 0.5) is 0 Å². The highest BCUT2D eigenvalue weighted by molar-refractivity contribution is 8.76. The molecule has 30 heavy (non-hydrogen) atoms. The van der Waals surface area contributed by atoms with Crippen LogP contribution in [0.1, 0.15) is 24.0 Å². The summed E-state index contributed by atoms with van der Waals surface area (Å²) in [5, 5.41) is 0. The maximum Gasteiger partial charge on any atom is 0.323 e. The third-order valence-electron chi connectivity index (χ3n) is 4.16. The van der Waals surface area contributed by atoms with Crippen molar-refractivity contribution in [1.82, 2.24) is 0 Å². The Kier molecular flexibility index (Phi) is 11.4. The second kappa shape index (κ2) is 14.1. The highest BCUT2D eigenvalue weighted by Gasteiger charge is 2.16. The number of ether oxygens (including phenoxy) is 2. The molecule has 0 heterocycles. The molecule has 0 amide bonds. The summed E-state index contributed by atoms with van der Waals surface area (Å²) >= 11 is 0. The molecule has 0 bridgehead atoms. The molecule has 4 N–H and O–H groups in total. The first-order chi connectivity index (χ1) is 14.6. The van der Waals surface area contributed by atoms with Gasteiger partial charge in [0.05, 0.1) is 0 Å². The maximum atomic E-state index is 11.9.